The van der Waals surface area contributed by atoms with E-state index in [1.807, 2.05) is 4.90 Å². The van der Waals surface area contributed by atoms with Crippen molar-refractivity contribution in [1.29, 1.82) is 0 Å². The van der Waals surface area contributed by atoms with Crippen molar-refractivity contribution < 1.29 is 9.53 Å². The highest BCUT2D eigenvalue weighted by atomic mass is 16.6. The first-order valence-electron chi connectivity index (χ1n) is 7.36. The van der Waals surface area contributed by atoms with Gasteiger partial charge in [-0.15, -0.1) is 0 Å². The first kappa shape index (κ1) is 14.6. The summed E-state index contributed by atoms with van der Waals surface area (Å²) in [5, 5.41) is 0. The number of rotatable bonds is 1. The van der Waals surface area contributed by atoms with Gasteiger partial charge < -0.3 is 14.5 Å². The van der Waals surface area contributed by atoms with Gasteiger partial charge >= 0.3 is 6.09 Å². The van der Waals surface area contributed by atoms with E-state index in [0.717, 1.165) is 38.9 Å². The predicted octanol–water partition coefficient (Wildman–Crippen LogP) is 2.73. The molecule has 1 amide bonds. The van der Waals surface area contributed by atoms with E-state index in [2.05, 4.69) is 39.6 Å². The lowest BCUT2D eigenvalue weighted by atomic mass is 9.86. The SMILES string of the molecule is CN1CCC(OC(=O)N2CC(C)(C)CC2(C)C)CC1. The van der Waals surface area contributed by atoms with Crippen LogP contribution in [0.2, 0.25) is 0 Å². The van der Waals surface area contributed by atoms with E-state index >= 15 is 0 Å². The van der Waals surface area contributed by atoms with Crippen LogP contribution in [0.5, 0.6) is 0 Å². The average Bonchev–Trinajstić information content (AvgIpc) is 2.50. The molecule has 0 radical (unpaired) electrons. The summed E-state index contributed by atoms with van der Waals surface area (Å²) in [4.78, 5) is 16.6. The molecule has 2 heterocycles. The topological polar surface area (TPSA) is 32.8 Å². The zero-order chi connectivity index (χ0) is 14.3. The lowest BCUT2D eigenvalue weighted by Gasteiger charge is -2.34. The van der Waals surface area contributed by atoms with Gasteiger partial charge in [0.15, 0.2) is 0 Å². The number of amides is 1. The van der Waals surface area contributed by atoms with Crippen LogP contribution < -0.4 is 0 Å². The van der Waals surface area contributed by atoms with Gasteiger partial charge in [-0.2, -0.15) is 0 Å². The molecule has 0 aromatic carbocycles. The number of piperidine rings is 1. The molecule has 19 heavy (non-hydrogen) atoms. The highest BCUT2D eigenvalue weighted by Crippen LogP contribution is 2.41. The Labute approximate surface area is 117 Å². The maximum absolute atomic E-state index is 12.4. The Morgan fingerprint density at radius 1 is 1.16 bits per heavy atom. The summed E-state index contributed by atoms with van der Waals surface area (Å²) in [5.74, 6) is 0. The molecule has 0 aromatic rings. The summed E-state index contributed by atoms with van der Waals surface area (Å²) < 4.78 is 5.71. The summed E-state index contributed by atoms with van der Waals surface area (Å²) >= 11 is 0. The maximum atomic E-state index is 12.4. The largest absolute Gasteiger partial charge is 0.446 e. The Morgan fingerprint density at radius 2 is 1.74 bits per heavy atom. The average molecular weight is 268 g/mol. The first-order valence-corrected chi connectivity index (χ1v) is 7.36. The Bertz CT molecular complexity index is 344. The molecule has 4 heteroatoms. The van der Waals surface area contributed by atoms with Crippen molar-refractivity contribution >= 4 is 6.09 Å². The van der Waals surface area contributed by atoms with Crippen LogP contribution in [0.1, 0.15) is 47.0 Å². The molecule has 2 fully saturated rings. The number of carbonyl (C=O) groups excluding carboxylic acids is 1. The van der Waals surface area contributed by atoms with Crippen molar-refractivity contribution in [2.24, 2.45) is 5.41 Å². The fraction of sp³-hybridized carbons (Fsp3) is 0.933. The van der Waals surface area contributed by atoms with Crippen molar-refractivity contribution in [3.63, 3.8) is 0 Å². The molecular weight excluding hydrogens is 240 g/mol. The van der Waals surface area contributed by atoms with E-state index in [9.17, 15) is 4.79 Å². The van der Waals surface area contributed by atoms with Crippen LogP contribution in [0.25, 0.3) is 0 Å². The summed E-state index contributed by atoms with van der Waals surface area (Å²) in [7, 11) is 2.12. The number of ether oxygens (including phenoxy) is 1. The van der Waals surface area contributed by atoms with Gasteiger partial charge in [-0.1, -0.05) is 13.8 Å². The lowest BCUT2D eigenvalue weighted by Crippen LogP contribution is -2.45. The van der Waals surface area contributed by atoms with E-state index in [1.54, 1.807) is 0 Å². The number of likely N-dealkylation sites (tertiary alicyclic amines) is 2. The van der Waals surface area contributed by atoms with Crippen LogP contribution in [0.3, 0.4) is 0 Å². The molecule has 0 saturated carbocycles. The Hall–Kier alpha value is -0.770. The minimum Gasteiger partial charge on any atom is -0.446 e. The lowest BCUT2D eigenvalue weighted by molar-refractivity contribution is 0.0212. The zero-order valence-electron chi connectivity index (χ0n) is 13.0. The summed E-state index contributed by atoms with van der Waals surface area (Å²) in [6.07, 6.45) is 2.93. The minimum atomic E-state index is -0.120. The van der Waals surface area contributed by atoms with Gasteiger partial charge in [0.05, 0.1) is 0 Å². The quantitative estimate of drug-likeness (QED) is 0.733. The van der Waals surface area contributed by atoms with Gasteiger partial charge in [-0.25, -0.2) is 4.79 Å². The normalized spacial score (nSPS) is 27.5. The van der Waals surface area contributed by atoms with Gasteiger partial charge in [-0.05, 0) is 45.6 Å². The van der Waals surface area contributed by atoms with Gasteiger partial charge in [-0.3, -0.25) is 0 Å². The predicted molar refractivity (Wildman–Crippen MR) is 76.2 cm³/mol. The standard InChI is InChI=1S/C15H28N2O2/c1-14(2)10-15(3,4)17(11-14)13(18)19-12-6-8-16(5)9-7-12/h12H,6-11H2,1-5H3. The van der Waals surface area contributed by atoms with Gasteiger partial charge in [0, 0.05) is 25.2 Å². The third kappa shape index (κ3) is 3.41. The Kier molecular flexibility index (Phi) is 3.83. The maximum Gasteiger partial charge on any atom is 0.410 e. The number of nitrogens with zero attached hydrogens (tertiary/aromatic N) is 2. The second-order valence-electron chi connectivity index (χ2n) is 7.63. The molecule has 0 unspecified atom stereocenters. The third-order valence-corrected chi connectivity index (χ3v) is 4.38. The molecule has 0 aliphatic carbocycles. The molecule has 2 aliphatic rings. The molecule has 0 atom stereocenters. The summed E-state index contributed by atoms with van der Waals surface area (Å²) in [5.41, 5.74) is 0.0986. The highest BCUT2D eigenvalue weighted by Gasteiger charge is 2.46. The molecule has 110 valence electrons. The summed E-state index contributed by atoms with van der Waals surface area (Å²) in [6, 6.07) is 0. The fourth-order valence-corrected chi connectivity index (χ4v) is 3.59. The molecule has 0 N–H and O–H groups in total. The molecule has 0 bridgehead atoms. The molecule has 2 saturated heterocycles. The second kappa shape index (κ2) is 4.97. The van der Waals surface area contributed by atoms with E-state index in [1.165, 1.54) is 0 Å². The van der Waals surface area contributed by atoms with Crippen LogP contribution in [0.4, 0.5) is 4.79 Å². The number of hydrogen-bond donors (Lipinski definition) is 0. The monoisotopic (exact) mass is 268 g/mol. The Balaban J connectivity index is 1.93. The van der Waals surface area contributed by atoms with Crippen molar-refractivity contribution in [2.45, 2.75) is 58.6 Å². The molecule has 0 aromatic heterocycles. The third-order valence-electron chi connectivity index (χ3n) is 4.38. The van der Waals surface area contributed by atoms with Crippen molar-refractivity contribution in [3.8, 4) is 0 Å². The van der Waals surface area contributed by atoms with Crippen molar-refractivity contribution in [2.75, 3.05) is 26.7 Å². The van der Waals surface area contributed by atoms with E-state index in [-0.39, 0.29) is 23.2 Å². The van der Waals surface area contributed by atoms with Crippen LogP contribution in [0.15, 0.2) is 0 Å². The van der Waals surface area contributed by atoms with Crippen LogP contribution in [-0.4, -0.2) is 54.2 Å². The molecular formula is C15H28N2O2. The summed E-state index contributed by atoms with van der Waals surface area (Å²) in [6.45, 7) is 11.6. The number of hydrogen-bond acceptors (Lipinski definition) is 3. The minimum absolute atomic E-state index is 0.0912. The Morgan fingerprint density at radius 3 is 2.21 bits per heavy atom. The van der Waals surface area contributed by atoms with Crippen LogP contribution in [-0.2, 0) is 4.74 Å². The number of carbonyl (C=O) groups is 1. The van der Waals surface area contributed by atoms with Gasteiger partial charge in [0.1, 0.15) is 6.10 Å². The zero-order valence-corrected chi connectivity index (χ0v) is 13.0. The van der Waals surface area contributed by atoms with Crippen LogP contribution >= 0.6 is 0 Å². The molecule has 2 rings (SSSR count). The van der Waals surface area contributed by atoms with Crippen molar-refractivity contribution in [3.05, 3.63) is 0 Å². The molecule has 4 nitrogen and oxygen atoms in total. The second-order valence-corrected chi connectivity index (χ2v) is 7.63. The van der Waals surface area contributed by atoms with Crippen LogP contribution in [0, 0.1) is 5.41 Å². The molecule has 2 aliphatic heterocycles. The van der Waals surface area contributed by atoms with Gasteiger partial charge in [0.2, 0.25) is 0 Å². The van der Waals surface area contributed by atoms with Gasteiger partial charge in [0.25, 0.3) is 0 Å². The van der Waals surface area contributed by atoms with E-state index in [0.29, 0.717) is 0 Å². The highest BCUT2D eigenvalue weighted by molar-refractivity contribution is 5.69. The van der Waals surface area contributed by atoms with E-state index in [4.69, 9.17) is 4.74 Å². The smallest absolute Gasteiger partial charge is 0.410 e. The van der Waals surface area contributed by atoms with Crippen molar-refractivity contribution in [1.82, 2.24) is 9.80 Å². The first-order chi connectivity index (χ1) is 8.70. The molecule has 0 spiro atoms. The fourth-order valence-electron chi connectivity index (χ4n) is 3.59. The van der Waals surface area contributed by atoms with E-state index < -0.39 is 0 Å².